The second kappa shape index (κ2) is 9.16. The van der Waals surface area contributed by atoms with Crippen molar-refractivity contribution in [2.24, 2.45) is 0 Å². The number of rotatable bonds is 6. The first-order valence-corrected chi connectivity index (χ1v) is 11.7. The van der Waals surface area contributed by atoms with E-state index in [0.29, 0.717) is 23.3 Å². The lowest BCUT2D eigenvalue weighted by atomic mass is 10.1. The van der Waals surface area contributed by atoms with Crippen molar-refractivity contribution in [2.45, 2.75) is 17.6 Å². The number of sulfonamides is 1. The highest BCUT2D eigenvalue weighted by atomic mass is 35.5. The topological polar surface area (TPSA) is 100 Å². The molecular formula is C23H15ClF3N3O4S. The first kappa shape index (κ1) is 24.4. The van der Waals surface area contributed by atoms with Crippen molar-refractivity contribution >= 4 is 44.3 Å². The van der Waals surface area contributed by atoms with Crippen molar-refractivity contribution in [1.29, 1.82) is 0 Å². The maximum atomic E-state index is 13.6. The van der Waals surface area contributed by atoms with Crippen molar-refractivity contribution in [3.8, 4) is 0 Å². The number of anilines is 1. The Kier molecular flexibility index (Phi) is 6.39. The van der Waals surface area contributed by atoms with E-state index >= 15 is 0 Å². The fourth-order valence-corrected chi connectivity index (χ4v) is 5.07. The number of nitrogens with zero attached hydrogens (tertiary/aromatic N) is 3. The first-order chi connectivity index (χ1) is 16.5. The van der Waals surface area contributed by atoms with E-state index < -0.39 is 38.6 Å². The highest BCUT2D eigenvalue weighted by Gasteiger charge is 2.34. The van der Waals surface area contributed by atoms with Gasteiger partial charge in [-0.1, -0.05) is 23.7 Å². The van der Waals surface area contributed by atoms with Gasteiger partial charge in [-0.3, -0.25) is 4.98 Å². The molecular weight excluding hydrogens is 507 g/mol. The quantitative estimate of drug-likeness (QED) is 0.365. The number of halogens is 4. The van der Waals surface area contributed by atoms with E-state index in [1.54, 1.807) is 36.5 Å². The summed E-state index contributed by atoms with van der Waals surface area (Å²) in [7, 11) is -4.42. The molecule has 0 amide bonds. The van der Waals surface area contributed by atoms with Crippen LogP contribution < -0.4 is 4.31 Å². The Morgan fingerprint density at radius 1 is 1.03 bits per heavy atom. The van der Waals surface area contributed by atoms with E-state index in [1.807, 2.05) is 0 Å². The zero-order valence-electron chi connectivity index (χ0n) is 17.6. The van der Waals surface area contributed by atoms with Gasteiger partial charge in [0.25, 0.3) is 10.0 Å². The van der Waals surface area contributed by atoms with E-state index in [9.17, 15) is 26.4 Å². The Bertz CT molecular complexity index is 1530. The maximum absolute atomic E-state index is 13.6. The van der Waals surface area contributed by atoms with Crippen LogP contribution in [0.5, 0.6) is 0 Å². The van der Waals surface area contributed by atoms with Gasteiger partial charge in [-0.15, -0.1) is 0 Å². The Balaban J connectivity index is 1.83. The summed E-state index contributed by atoms with van der Waals surface area (Å²) in [6, 6.07) is 13.5. The van der Waals surface area contributed by atoms with Gasteiger partial charge in [0, 0.05) is 17.8 Å². The normalized spacial score (nSPS) is 12.0. The van der Waals surface area contributed by atoms with Crippen molar-refractivity contribution in [3.63, 3.8) is 0 Å². The molecule has 12 heteroatoms. The molecule has 0 fully saturated rings. The van der Waals surface area contributed by atoms with Crippen LogP contribution in [0.3, 0.4) is 0 Å². The predicted octanol–water partition coefficient (Wildman–Crippen LogP) is 5.40. The number of carbonyl (C=O) groups is 1. The molecule has 0 atom stereocenters. The number of aromatic carboxylic acids is 1. The molecule has 0 unspecified atom stereocenters. The van der Waals surface area contributed by atoms with Crippen LogP contribution in [0.2, 0.25) is 5.02 Å². The van der Waals surface area contributed by atoms with E-state index in [4.69, 9.17) is 16.7 Å². The average molecular weight is 522 g/mol. The van der Waals surface area contributed by atoms with Crippen molar-refractivity contribution in [1.82, 2.24) is 9.97 Å². The van der Waals surface area contributed by atoms with Crippen molar-refractivity contribution in [2.75, 3.05) is 4.31 Å². The van der Waals surface area contributed by atoms with Crippen LogP contribution in [0.4, 0.5) is 19.0 Å². The van der Waals surface area contributed by atoms with Gasteiger partial charge in [0.05, 0.1) is 33.1 Å². The molecule has 0 spiro atoms. The molecule has 0 aliphatic carbocycles. The Morgan fingerprint density at radius 2 is 1.74 bits per heavy atom. The lowest BCUT2D eigenvalue weighted by Crippen LogP contribution is -2.32. The van der Waals surface area contributed by atoms with Crippen molar-refractivity contribution < 1.29 is 31.5 Å². The minimum Gasteiger partial charge on any atom is -0.478 e. The Hall–Kier alpha value is -3.70. The largest absolute Gasteiger partial charge is 0.478 e. The monoisotopic (exact) mass is 521 g/mol. The van der Waals surface area contributed by atoms with Crippen LogP contribution in [-0.4, -0.2) is 29.5 Å². The standard InChI is InChI=1S/C23H15ClF3N3O4S/c24-19-11-17(23(25,26)27)12-29-21(19)30(13-14-3-8-20-16(10-14)2-1-9-28-20)35(33,34)18-6-4-15(5-7-18)22(31)32/h1-12H,13H2,(H,31,32). The molecule has 0 bridgehead atoms. The summed E-state index contributed by atoms with van der Waals surface area (Å²) in [6.45, 7) is -0.314. The molecule has 0 aliphatic rings. The Labute approximate surface area is 202 Å². The molecule has 0 saturated heterocycles. The molecule has 4 aromatic rings. The van der Waals surface area contributed by atoms with Crippen LogP contribution in [-0.2, 0) is 22.7 Å². The summed E-state index contributed by atoms with van der Waals surface area (Å²) in [5.74, 6) is -1.66. The third-order valence-corrected chi connectivity index (χ3v) is 7.10. The summed E-state index contributed by atoms with van der Waals surface area (Å²) in [4.78, 5) is 18.8. The molecule has 180 valence electrons. The zero-order valence-corrected chi connectivity index (χ0v) is 19.1. The number of hydrogen-bond acceptors (Lipinski definition) is 5. The third-order valence-electron chi connectivity index (χ3n) is 5.07. The lowest BCUT2D eigenvalue weighted by Gasteiger charge is -2.25. The summed E-state index contributed by atoms with van der Waals surface area (Å²) < 4.78 is 67.2. The summed E-state index contributed by atoms with van der Waals surface area (Å²) in [5, 5.41) is 9.29. The number of pyridine rings is 2. The predicted molar refractivity (Wildman–Crippen MR) is 123 cm³/mol. The molecule has 0 aliphatic heterocycles. The molecule has 7 nitrogen and oxygen atoms in total. The minimum absolute atomic E-state index is 0.136. The fraction of sp³-hybridized carbons (Fsp3) is 0.0870. The lowest BCUT2D eigenvalue weighted by molar-refractivity contribution is -0.137. The van der Waals surface area contributed by atoms with Crippen LogP contribution in [0.25, 0.3) is 10.9 Å². The number of aromatic nitrogens is 2. The van der Waals surface area contributed by atoms with Gasteiger partial charge in [0.1, 0.15) is 0 Å². The van der Waals surface area contributed by atoms with Gasteiger partial charge >= 0.3 is 12.1 Å². The molecule has 2 aromatic heterocycles. The summed E-state index contributed by atoms with van der Waals surface area (Å²) in [6.07, 6.45) is -2.62. The van der Waals surface area contributed by atoms with E-state index in [1.165, 1.54) is 0 Å². The van der Waals surface area contributed by atoms with E-state index in [2.05, 4.69) is 9.97 Å². The smallest absolute Gasteiger partial charge is 0.417 e. The van der Waals surface area contributed by atoms with Gasteiger partial charge in [-0.2, -0.15) is 13.2 Å². The van der Waals surface area contributed by atoms with E-state index in [0.717, 1.165) is 34.0 Å². The highest BCUT2D eigenvalue weighted by molar-refractivity contribution is 7.92. The fourth-order valence-electron chi connectivity index (χ4n) is 3.33. The number of carboxylic acid groups (broad SMARTS) is 1. The molecule has 1 N–H and O–H groups in total. The highest BCUT2D eigenvalue weighted by Crippen LogP contribution is 2.36. The first-order valence-electron chi connectivity index (χ1n) is 9.89. The van der Waals surface area contributed by atoms with Crippen LogP contribution in [0.1, 0.15) is 21.5 Å². The zero-order chi connectivity index (χ0) is 25.4. The molecule has 0 saturated carbocycles. The maximum Gasteiger partial charge on any atom is 0.417 e. The van der Waals surface area contributed by atoms with Gasteiger partial charge in [-0.25, -0.2) is 22.5 Å². The van der Waals surface area contributed by atoms with Gasteiger partial charge in [0.15, 0.2) is 5.82 Å². The van der Waals surface area contributed by atoms with Crippen molar-refractivity contribution in [3.05, 3.63) is 94.8 Å². The SMILES string of the molecule is O=C(O)c1ccc(S(=O)(=O)N(Cc2ccc3ncccc3c2)c2ncc(C(F)(F)F)cc2Cl)cc1. The van der Waals surface area contributed by atoms with Crippen LogP contribution >= 0.6 is 11.6 Å². The van der Waals surface area contributed by atoms with Gasteiger partial charge < -0.3 is 5.11 Å². The molecule has 0 radical (unpaired) electrons. The minimum atomic E-state index is -4.73. The molecule has 2 heterocycles. The van der Waals surface area contributed by atoms with E-state index in [-0.39, 0.29) is 17.0 Å². The third kappa shape index (κ3) is 5.05. The van der Waals surface area contributed by atoms with Gasteiger partial charge in [0.2, 0.25) is 0 Å². The van der Waals surface area contributed by atoms with Crippen LogP contribution in [0.15, 0.2) is 78.0 Å². The summed E-state index contributed by atoms with van der Waals surface area (Å²) in [5.41, 5.74) is -0.107. The second-order valence-electron chi connectivity index (χ2n) is 7.40. The summed E-state index contributed by atoms with van der Waals surface area (Å²) >= 11 is 6.10. The number of carboxylic acids is 1. The average Bonchev–Trinajstić information content (AvgIpc) is 2.82. The van der Waals surface area contributed by atoms with Crippen LogP contribution in [0, 0.1) is 0 Å². The van der Waals surface area contributed by atoms with Gasteiger partial charge in [-0.05, 0) is 54.1 Å². The number of benzene rings is 2. The number of fused-ring (bicyclic) bond motifs is 1. The second-order valence-corrected chi connectivity index (χ2v) is 9.67. The molecule has 2 aromatic carbocycles. The Morgan fingerprint density at radius 3 is 2.37 bits per heavy atom. The molecule has 35 heavy (non-hydrogen) atoms. The number of hydrogen-bond donors (Lipinski definition) is 1. The molecule has 4 rings (SSSR count). The number of alkyl halides is 3.